The molecule has 0 unspecified atom stereocenters. The summed E-state index contributed by atoms with van der Waals surface area (Å²) in [5.41, 5.74) is 0. The van der Waals surface area contributed by atoms with Gasteiger partial charge in [-0.1, -0.05) is 18.7 Å². The summed E-state index contributed by atoms with van der Waals surface area (Å²) in [6.07, 6.45) is 0. The molecule has 1 radical (unpaired) electrons. The van der Waals surface area contributed by atoms with Gasteiger partial charge in [0.05, 0.1) is 0 Å². The molecular weight excluding hydrogens is 267 g/mol. The van der Waals surface area contributed by atoms with Gasteiger partial charge in [-0.2, -0.15) is 42.5 Å². The fraction of sp³-hybridized carbons (Fsp3) is 0.273. The molecule has 0 aliphatic carbocycles. The van der Waals surface area contributed by atoms with E-state index in [2.05, 4.69) is 13.0 Å². The third-order valence-corrected chi connectivity index (χ3v) is 1.45. The first-order chi connectivity index (χ1) is 6.43. The number of thiocyanates is 1. The van der Waals surface area contributed by atoms with E-state index in [1.165, 1.54) is 0 Å². The molecule has 0 aromatic heterocycles. The Kier molecular flexibility index (Phi) is 26.5. The fourth-order valence-electron chi connectivity index (χ4n) is 0.492. The van der Waals surface area contributed by atoms with Crippen LogP contribution in [0.1, 0.15) is 20.8 Å². The van der Waals surface area contributed by atoms with Crippen molar-refractivity contribution in [2.45, 2.75) is 25.7 Å². The Morgan fingerprint density at radius 2 is 1.71 bits per heavy atom. The zero-order valence-corrected chi connectivity index (χ0v) is 12.6. The molecule has 75 valence electrons. The van der Waals surface area contributed by atoms with Crippen molar-refractivity contribution in [3.05, 3.63) is 37.3 Å². The van der Waals surface area contributed by atoms with E-state index in [4.69, 9.17) is 5.26 Å². The van der Waals surface area contributed by atoms with Crippen molar-refractivity contribution in [1.29, 1.82) is 5.26 Å². The van der Waals surface area contributed by atoms with Crippen LogP contribution >= 0.6 is 11.8 Å². The molecule has 3 heteroatoms. The first-order valence-corrected chi connectivity index (χ1v) is 4.98. The van der Waals surface area contributed by atoms with Crippen molar-refractivity contribution < 1.29 is 32.7 Å². The van der Waals surface area contributed by atoms with Gasteiger partial charge in [0.25, 0.3) is 0 Å². The Balaban J connectivity index is -0.000000216. The first kappa shape index (κ1) is 19.7. The number of thioether (sulfide) groups is 1. The van der Waals surface area contributed by atoms with Crippen LogP contribution in [0.4, 0.5) is 0 Å². The maximum atomic E-state index is 8.22. The van der Waals surface area contributed by atoms with Crippen LogP contribution in [0.25, 0.3) is 0 Å². The van der Waals surface area contributed by atoms with E-state index in [1.807, 2.05) is 31.4 Å². The van der Waals surface area contributed by atoms with Crippen molar-refractivity contribution in [1.82, 2.24) is 0 Å². The average molecular weight is 282 g/mol. The van der Waals surface area contributed by atoms with Gasteiger partial charge in [-0.15, -0.1) is 0 Å². The molecule has 0 saturated carbocycles. The van der Waals surface area contributed by atoms with E-state index < -0.39 is 0 Å². The van der Waals surface area contributed by atoms with E-state index in [-0.39, 0.29) is 32.7 Å². The predicted molar refractivity (Wildman–Crippen MR) is 59.1 cm³/mol. The van der Waals surface area contributed by atoms with E-state index in [9.17, 15) is 0 Å². The molecule has 1 nitrogen and oxygen atoms in total. The SMILES string of the molecule is CC.N#CSc1cc[c-]cc1.[CH2-]C.[Y]. The molecule has 0 atom stereocenters. The molecule has 0 fully saturated rings. The summed E-state index contributed by atoms with van der Waals surface area (Å²) >= 11 is 1.16. The smallest absolute Gasteiger partial charge is 0.136 e. The van der Waals surface area contributed by atoms with Crippen LogP contribution in [0.5, 0.6) is 0 Å². The van der Waals surface area contributed by atoms with Gasteiger partial charge in [-0.05, 0) is 11.8 Å². The molecule has 14 heavy (non-hydrogen) atoms. The van der Waals surface area contributed by atoms with Crippen LogP contribution in [0.15, 0.2) is 29.2 Å². The van der Waals surface area contributed by atoms with E-state index >= 15 is 0 Å². The Bertz CT molecular complexity index is 218. The summed E-state index contributed by atoms with van der Waals surface area (Å²) in [6.45, 7) is 9.00. The number of nitriles is 1. The van der Waals surface area contributed by atoms with Gasteiger partial charge in [0.15, 0.2) is 0 Å². The van der Waals surface area contributed by atoms with Gasteiger partial charge in [0.2, 0.25) is 0 Å². The van der Waals surface area contributed by atoms with Crippen molar-refractivity contribution >= 4 is 11.8 Å². The molecule has 0 saturated heterocycles. The summed E-state index contributed by atoms with van der Waals surface area (Å²) in [7, 11) is 0. The van der Waals surface area contributed by atoms with Crippen molar-refractivity contribution in [2.75, 3.05) is 0 Å². The maximum Gasteiger partial charge on any atom is 0.136 e. The largest absolute Gasteiger partial charge is 0.346 e. The number of hydrogen-bond donors (Lipinski definition) is 0. The second-order valence-electron chi connectivity index (χ2n) is 1.43. The summed E-state index contributed by atoms with van der Waals surface area (Å²) in [4.78, 5) is 0.969. The second kappa shape index (κ2) is 18.9. The summed E-state index contributed by atoms with van der Waals surface area (Å²) in [5, 5.41) is 10.2. The minimum absolute atomic E-state index is 0. The maximum absolute atomic E-state index is 8.22. The van der Waals surface area contributed by atoms with Crippen LogP contribution in [0.3, 0.4) is 0 Å². The third-order valence-electron chi connectivity index (χ3n) is 0.851. The van der Waals surface area contributed by atoms with Crippen molar-refractivity contribution in [3.8, 4) is 5.40 Å². The van der Waals surface area contributed by atoms with Crippen LogP contribution in [-0.4, -0.2) is 0 Å². The minimum Gasteiger partial charge on any atom is -0.346 e. The number of rotatable bonds is 1. The molecule has 0 N–H and O–H groups in total. The quantitative estimate of drug-likeness (QED) is 0.443. The van der Waals surface area contributed by atoms with Crippen LogP contribution in [0.2, 0.25) is 0 Å². The molecule has 1 aromatic rings. The second-order valence-corrected chi connectivity index (χ2v) is 2.29. The zero-order valence-electron chi connectivity index (χ0n) is 8.95. The van der Waals surface area contributed by atoms with E-state index in [0.717, 1.165) is 16.7 Å². The number of nitrogens with zero attached hydrogens (tertiary/aromatic N) is 1. The topological polar surface area (TPSA) is 23.8 Å². The molecule has 1 aromatic carbocycles. The minimum atomic E-state index is 0. The van der Waals surface area contributed by atoms with Gasteiger partial charge >= 0.3 is 0 Å². The monoisotopic (exact) mass is 282 g/mol. The third kappa shape index (κ3) is 12.2. The molecule has 1 rings (SSSR count). The summed E-state index contributed by atoms with van der Waals surface area (Å²) in [5.74, 6) is 0. The fourth-order valence-corrected chi connectivity index (χ4v) is 0.870. The molecule has 0 aliphatic rings. The Hall–Kier alpha value is 0.164. The average Bonchev–Trinajstić information content (AvgIpc) is 2.26. The Morgan fingerprint density at radius 1 is 1.29 bits per heavy atom. The van der Waals surface area contributed by atoms with Crippen molar-refractivity contribution in [2.24, 2.45) is 0 Å². The standard InChI is InChI=1S/C7H4NS.C2H6.C2H5.Y/c8-6-9-7-4-2-1-3-5-7;2*1-2;/h2-5H;1-2H3;1H2,2H3;/q-1;;-1;. The Labute approximate surface area is 117 Å². The summed E-state index contributed by atoms with van der Waals surface area (Å²) < 4.78 is 0. The normalized spacial score (nSPS) is 6.21. The van der Waals surface area contributed by atoms with Gasteiger partial charge in [0.1, 0.15) is 5.40 Å². The first-order valence-electron chi connectivity index (χ1n) is 4.16. The van der Waals surface area contributed by atoms with E-state index in [1.54, 1.807) is 19.1 Å². The van der Waals surface area contributed by atoms with Crippen LogP contribution < -0.4 is 0 Å². The molecule has 0 bridgehead atoms. The van der Waals surface area contributed by atoms with Crippen molar-refractivity contribution in [3.63, 3.8) is 0 Å². The van der Waals surface area contributed by atoms with Gasteiger partial charge in [-0.25, -0.2) is 0 Å². The number of hydrogen-bond acceptors (Lipinski definition) is 2. The predicted octanol–water partition coefficient (Wildman–Crippen LogP) is 3.92. The van der Waals surface area contributed by atoms with Gasteiger partial charge in [-0.3, -0.25) is 0 Å². The molecule has 0 heterocycles. The van der Waals surface area contributed by atoms with Crippen LogP contribution in [0, 0.1) is 23.7 Å². The zero-order chi connectivity index (χ0) is 10.5. The molecule has 0 aliphatic heterocycles. The van der Waals surface area contributed by atoms with Gasteiger partial charge < -0.3 is 6.92 Å². The Morgan fingerprint density at radius 3 is 2.07 bits per heavy atom. The molecular formula is C11H15NSY-2. The molecule has 0 amide bonds. The summed E-state index contributed by atoms with van der Waals surface area (Å²) in [6, 6.07) is 10.2. The van der Waals surface area contributed by atoms with E-state index in [0.29, 0.717) is 0 Å². The number of benzene rings is 1. The van der Waals surface area contributed by atoms with Gasteiger partial charge in [0, 0.05) is 32.7 Å². The van der Waals surface area contributed by atoms with Crippen LogP contribution in [-0.2, 0) is 32.7 Å². The molecule has 0 spiro atoms.